The van der Waals surface area contributed by atoms with E-state index < -0.39 is 29.9 Å². The fourth-order valence-corrected chi connectivity index (χ4v) is 3.26. The zero-order valence-corrected chi connectivity index (χ0v) is 17.5. The maximum atomic E-state index is 12.6. The second-order valence-electron chi connectivity index (χ2n) is 6.58. The minimum absolute atomic E-state index is 0.0189. The van der Waals surface area contributed by atoms with Gasteiger partial charge in [-0.05, 0) is 23.3 Å². The van der Waals surface area contributed by atoms with Gasteiger partial charge in [-0.25, -0.2) is 9.59 Å². The molecule has 1 aliphatic rings. The Morgan fingerprint density at radius 1 is 1.00 bits per heavy atom. The first-order valence-electron chi connectivity index (χ1n) is 9.21. The average Bonchev–Trinajstić information content (AvgIpc) is 3.04. The molecule has 2 aromatic rings. The van der Waals surface area contributed by atoms with E-state index in [2.05, 4.69) is 21.2 Å². The van der Waals surface area contributed by atoms with Gasteiger partial charge < -0.3 is 14.9 Å². The highest BCUT2D eigenvalue weighted by atomic mass is 79.9. The second kappa shape index (κ2) is 10.0. The predicted octanol–water partition coefficient (Wildman–Crippen LogP) is 2.89. The SMILES string of the molecule is O=C(N[C@H](Cc1cccc(Br)c1)C(=O)ON1C(=O)CCC1=O)OCc1ccccc1. The van der Waals surface area contributed by atoms with Gasteiger partial charge in [0, 0.05) is 23.7 Å². The summed E-state index contributed by atoms with van der Waals surface area (Å²) in [5, 5.41) is 2.91. The van der Waals surface area contributed by atoms with Crippen LogP contribution in [0.25, 0.3) is 0 Å². The van der Waals surface area contributed by atoms with Crippen LogP contribution in [-0.4, -0.2) is 35.0 Å². The van der Waals surface area contributed by atoms with Gasteiger partial charge in [0.1, 0.15) is 12.6 Å². The Balaban J connectivity index is 1.68. The predicted molar refractivity (Wildman–Crippen MR) is 109 cm³/mol. The second-order valence-corrected chi connectivity index (χ2v) is 7.50. The van der Waals surface area contributed by atoms with E-state index in [1.54, 1.807) is 30.3 Å². The molecule has 0 saturated carbocycles. The molecule has 156 valence electrons. The van der Waals surface area contributed by atoms with E-state index in [9.17, 15) is 19.2 Å². The summed E-state index contributed by atoms with van der Waals surface area (Å²) in [5.74, 6) is -2.13. The lowest BCUT2D eigenvalue weighted by atomic mass is 10.1. The zero-order valence-electron chi connectivity index (χ0n) is 15.9. The number of imide groups is 1. The van der Waals surface area contributed by atoms with Crippen LogP contribution in [0.4, 0.5) is 4.79 Å². The molecule has 1 fully saturated rings. The molecule has 0 radical (unpaired) electrons. The van der Waals surface area contributed by atoms with Crippen LogP contribution < -0.4 is 5.32 Å². The Bertz CT molecular complexity index is 934. The molecule has 2 aromatic carbocycles. The van der Waals surface area contributed by atoms with Gasteiger partial charge in [0.15, 0.2) is 0 Å². The van der Waals surface area contributed by atoms with E-state index in [1.807, 2.05) is 24.3 Å². The molecule has 1 aliphatic heterocycles. The maximum Gasteiger partial charge on any atom is 0.408 e. The van der Waals surface area contributed by atoms with E-state index in [0.29, 0.717) is 5.06 Å². The molecule has 9 heteroatoms. The maximum absolute atomic E-state index is 12.6. The van der Waals surface area contributed by atoms with Crippen molar-refractivity contribution in [1.82, 2.24) is 10.4 Å². The van der Waals surface area contributed by atoms with Crippen LogP contribution in [0.5, 0.6) is 0 Å². The molecule has 0 bridgehead atoms. The van der Waals surface area contributed by atoms with Gasteiger partial charge in [0.2, 0.25) is 0 Å². The third-order valence-corrected chi connectivity index (χ3v) is 4.80. The number of rotatable bonds is 7. The minimum atomic E-state index is -1.16. The van der Waals surface area contributed by atoms with Crippen molar-refractivity contribution >= 4 is 39.8 Å². The number of carbonyl (C=O) groups is 4. The number of hydrogen-bond acceptors (Lipinski definition) is 6. The molecule has 30 heavy (non-hydrogen) atoms. The van der Waals surface area contributed by atoms with Crippen molar-refractivity contribution in [1.29, 1.82) is 0 Å². The largest absolute Gasteiger partial charge is 0.445 e. The van der Waals surface area contributed by atoms with Crippen molar-refractivity contribution in [3.05, 3.63) is 70.2 Å². The van der Waals surface area contributed by atoms with Gasteiger partial charge in [0.25, 0.3) is 11.8 Å². The smallest absolute Gasteiger partial charge is 0.408 e. The van der Waals surface area contributed by atoms with Crippen molar-refractivity contribution in [3.63, 3.8) is 0 Å². The van der Waals surface area contributed by atoms with Crippen LogP contribution in [-0.2, 0) is 37.0 Å². The van der Waals surface area contributed by atoms with Crippen LogP contribution in [0, 0.1) is 0 Å². The molecule has 0 unspecified atom stereocenters. The Morgan fingerprint density at radius 3 is 2.33 bits per heavy atom. The molecular weight excluding hydrogens is 456 g/mol. The number of hydroxylamine groups is 2. The summed E-state index contributed by atoms with van der Waals surface area (Å²) in [4.78, 5) is 53.3. The van der Waals surface area contributed by atoms with Gasteiger partial charge in [0.05, 0.1) is 0 Å². The fourth-order valence-electron chi connectivity index (χ4n) is 2.81. The monoisotopic (exact) mass is 474 g/mol. The normalized spacial score (nSPS) is 14.4. The molecule has 0 spiro atoms. The Kier molecular flexibility index (Phi) is 7.18. The number of amides is 3. The molecule has 1 heterocycles. The summed E-state index contributed by atoms with van der Waals surface area (Å²) in [6.45, 7) is 0.0222. The van der Waals surface area contributed by atoms with Crippen LogP contribution in [0.2, 0.25) is 0 Å². The number of halogens is 1. The van der Waals surface area contributed by atoms with Crippen molar-refractivity contribution < 1.29 is 28.8 Å². The highest BCUT2D eigenvalue weighted by molar-refractivity contribution is 9.10. The molecular formula is C21H19BrN2O6. The minimum Gasteiger partial charge on any atom is -0.445 e. The van der Waals surface area contributed by atoms with Gasteiger partial charge in [-0.1, -0.05) is 58.4 Å². The lowest BCUT2D eigenvalue weighted by molar-refractivity contribution is -0.198. The quantitative estimate of drug-likeness (QED) is 0.618. The molecule has 3 rings (SSSR count). The number of benzene rings is 2. The Morgan fingerprint density at radius 2 is 1.67 bits per heavy atom. The number of nitrogens with one attached hydrogen (secondary N) is 1. The molecule has 8 nitrogen and oxygen atoms in total. The van der Waals surface area contributed by atoms with Gasteiger partial charge in [-0.2, -0.15) is 0 Å². The topological polar surface area (TPSA) is 102 Å². The van der Waals surface area contributed by atoms with Crippen LogP contribution >= 0.6 is 15.9 Å². The van der Waals surface area contributed by atoms with E-state index in [4.69, 9.17) is 9.57 Å². The molecule has 0 aromatic heterocycles. The molecule has 1 N–H and O–H groups in total. The van der Waals surface area contributed by atoms with Crippen molar-refractivity contribution in [2.45, 2.75) is 31.9 Å². The summed E-state index contributed by atoms with van der Waals surface area (Å²) in [5.41, 5.74) is 1.51. The van der Waals surface area contributed by atoms with Crippen LogP contribution in [0.15, 0.2) is 59.1 Å². The van der Waals surface area contributed by atoms with Crippen molar-refractivity contribution in [3.8, 4) is 0 Å². The van der Waals surface area contributed by atoms with Gasteiger partial charge >= 0.3 is 12.1 Å². The highest BCUT2D eigenvalue weighted by Crippen LogP contribution is 2.16. The van der Waals surface area contributed by atoms with E-state index in [-0.39, 0.29) is 25.9 Å². The average molecular weight is 475 g/mol. The molecule has 1 atom stereocenters. The summed E-state index contributed by atoms with van der Waals surface area (Å²) >= 11 is 3.35. The summed E-state index contributed by atoms with van der Waals surface area (Å²) in [6, 6.07) is 15.1. The number of alkyl carbamates (subject to hydrolysis) is 1. The zero-order chi connectivity index (χ0) is 21.5. The summed E-state index contributed by atoms with van der Waals surface area (Å²) in [6.07, 6.45) is -0.784. The summed E-state index contributed by atoms with van der Waals surface area (Å²) < 4.78 is 5.96. The van der Waals surface area contributed by atoms with E-state index in [0.717, 1.165) is 15.6 Å². The third kappa shape index (κ3) is 5.90. The van der Waals surface area contributed by atoms with Gasteiger partial charge in [-0.3, -0.25) is 9.59 Å². The van der Waals surface area contributed by atoms with Crippen molar-refractivity contribution in [2.75, 3.05) is 0 Å². The Labute approximate surface area is 181 Å². The van der Waals surface area contributed by atoms with E-state index in [1.165, 1.54) is 0 Å². The van der Waals surface area contributed by atoms with Crippen molar-refractivity contribution in [2.24, 2.45) is 0 Å². The highest BCUT2D eigenvalue weighted by Gasteiger charge is 2.35. The third-order valence-electron chi connectivity index (χ3n) is 4.31. The lowest BCUT2D eigenvalue weighted by Crippen LogP contribution is -2.46. The first kappa shape index (κ1) is 21.5. The standard InChI is InChI=1S/C21H19BrN2O6/c22-16-8-4-7-15(11-16)12-17(20(27)30-24-18(25)9-10-19(24)26)23-21(28)29-13-14-5-2-1-3-6-14/h1-8,11,17H,9-10,12-13H2,(H,23,28)/t17-/m1/s1. The van der Waals surface area contributed by atoms with Gasteiger partial charge in [-0.15, -0.1) is 5.06 Å². The van der Waals surface area contributed by atoms with Crippen LogP contribution in [0.3, 0.4) is 0 Å². The molecule has 3 amide bonds. The molecule has 0 aliphatic carbocycles. The summed E-state index contributed by atoms with van der Waals surface area (Å²) in [7, 11) is 0. The fraction of sp³-hybridized carbons (Fsp3) is 0.238. The van der Waals surface area contributed by atoms with Crippen LogP contribution in [0.1, 0.15) is 24.0 Å². The Hall–Kier alpha value is -3.20. The number of hydrogen-bond donors (Lipinski definition) is 1. The van der Waals surface area contributed by atoms with E-state index >= 15 is 0 Å². The number of carbonyl (C=O) groups excluding carboxylic acids is 4. The molecule has 1 saturated heterocycles. The number of nitrogens with zero attached hydrogens (tertiary/aromatic N) is 1. The first-order valence-corrected chi connectivity index (χ1v) is 10.0. The number of ether oxygens (including phenoxy) is 1. The lowest BCUT2D eigenvalue weighted by Gasteiger charge is -2.20. The first-order chi connectivity index (χ1) is 14.4.